The highest BCUT2D eigenvalue weighted by Crippen LogP contribution is 2.33. The van der Waals surface area contributed by atoms with Crippen LogP contribution >= 0.6 is 15.9 Å². The van der Waals surface area contributed by atoms with Crippen LogP contribution in [-0.2, 0) is 6.18 Å². The standard InChI is InChI=1S/C14H12BrF3N2/c1-8-3-4-10(14(16,17)18)7-12(8)20-13-6-5-11(15)9(2)19-13/h3-7H,1-2H3,(H,19,20). The quantitative estimate of drug-likeness (QED) is 0.807. The monoisotopic (exact) mass is 344 g/mol. The molecule has 0 fully saturated rings. The van der Waals surface area contributed by atoms with Crippen molar-refractivity contribution in [2.45, 2.75) is 20.0 Å². The van der Waals surface area contributed by atoms with Gasteiger partial charge in [0.05, 0.1) is 11.3 Å². The van der Waals surface area contributed by atoms with Gasteiger partial charge in [-0.2, -0.15) is 13.2 Å². The van der Waals surface area contributed by atoms with Gasteiger partial charge in [0.25, 0.3) is 0 Å². The molecule has 0 aliphatic heterocycles. The number of nitrogens with one attached hydrogen (secondary N) is 1. The van der Waals surface area contributed by atoms with Gasteiger partial charge in [0.2, 0.25) is 0 Å². The minimum Gasteiger partial charge on any atom is -0.340 e. The van der Waals surface area contributed by atoms with Crippen LogP contribution in [0, 0.1) is 13.8 Å². The van der Waals surface area contributed by atoms with E-state index in [2.05, 4.69) is 26.2 Å². The van der Waals surface area contributed by atoms with E-state index in [0.29, 0.717) is 11.5 Å². The van der Waals surface area contributed by atoms with E-state index in [1.54, 1.807) is 19.1 Å². The predicted molar refractivity (Wildman–Crippen MR) is 76.1 cm³/mol. The van der Waals surface area contributed by atoms with Gasteiger partial charge in [0.15, 0.2) is 0 Å². The van der Waals surface area contributed by atoms with Crippen molar-refractivity contribution in [2.24, 2.45) is 0 Å². The average Bonchev–Trinajstić information content (AvgIpc) is 2.35. The zero-order valence-electron chi connectivity index (χ0n) is 10.8. The molecule has 0 bridgehead atoms. The van der Waals surface area contributed by atoms with Gasteiger partial charge in [-0.05, 0) is 59.6 Å². The van der Waals surface area contributed by atoms with Gasteiger partial charge in [-0.1, -0.05) is 6.07 Å². The highest BCUT2D eigenvalue weighted by molar-refractivity contribution is 9.10. The van der Waals surface area contributed by atoms with Gasteiger partial charge in [-0.25, -0.2) is 4.98 Å². The molecule has 0 amide bonds. The number of hydrogen-bond acceptors (Lipinski definition) is 2. The van der Waals surface area contributed by atoms with E-state index in [1.165, 1.54) is 6.07 Å². The van der Waals surface area contributed by atoms with Crippen molar-refractivity contribution < 1.29 is 13.2 Å². The fourth-order valence-corrected chi connectivity index (χ4v) is 1.91. The molecule has 106 valence electrons. The Bertz CT molecular complexity index is 639. The number of pyridine rings is 1. The second-order valence-electron chi connectivity index (χ2n) is 4.42. The molecular formula is C14H12BrF3N2. The van der Waals surface area contributed by atoms with Crippen molar-refractivity contribution in [3.63, 3.8) is 0 Å². The fraction of sp³-hybridized carbons (Fsp3) is 0.214. The maximum absolute atomic E-state index is 12.7. The molecule has 0 unspecified atom stereocenters. The van der Waals surface area contributed by atoms with Crippen molar-refractivity contribution in [2.75, 3.05) is 5.32 Å². The number of aromatic nitrogens is 1. The van der Waals surface area contributed by atoms with E-state index in [-0.39, 0.29) is 0 Å². The fourth-order valence-electron chi connectivity index (χ4n) is 1.68. The highest BCUT2D eigenvalue weighted by atomic mass is 79.9. The summed E-state index contributed by atoms with van der Waals surface area (Å²) in [6, 6.07) is 7.11. The Morgan fingerprint density at radius 2 is 1.80 bits per heavy atom. The Morgan fingerprint density at radius 3 is 2.40 bits per heavy atom. The van der Waals surface area contributed by atoms with Crippen LogP contribution in [0.25, 0.3) is 0 Å². The molecule has 0 atom stereocenters. The van der Waals surface area contributed by atoms with Crippen LogP contribution in [0.4, 0.5) is 24.7 Å². The smallest absolute Gasteiger partial charge is 0.340 e. The molecule has 2 aromatic rings. The van der Waals surface area contributed by atoms with Crippen molar-refractivity contribution in [3.05, 3.63) is 51.6 Å². The summed E-state index contributed by atoms with van der Waals surface area (Å²) in [5.41, 5.74) is 1.20. The molecule has 2 nitrogen and oxygen atoms in total. The molecule has 0 spiro atoms. The lowest BCUT2D eigenvalue weighted by Crippen LogP contribution is -2.06. The molecule has 0 saturated carbocycles. The second kappa shape index (κ2) is 5.44. The van der Waals surface area contributed by atoms with Crippen LogP contribution in [0.15, 0.2) is 34.8 Å². The number of aryl methyl sites for hydroxylation is 2. The Morgan fingerprint density at radius 1 is 1.10 bits per heavy atom. The number of benzene rings is 1. The van der Waals surface area contributed by atoms with Crippen molar-refractivity contribution >= 4 is 27.4 Å². The Labute approximate surface area is 123 Å². The number of nitrogens with zero attached hydrogens (tertiary/aromatic N) is 1. The molecule has 0 radical (unpaired) electrons. The average molecular weight is 345 g/mol. The summed E-state index contributed by atoms with van der Waals surface area (Å²) >= 11 is 3.33. The Kier molecular flexibility index (Phi) is 4.04. The summed E-state index contributed by atoms with van der Waals surface area (Å²) in [5.74, 6) is 0.508. The van der Waals surface area contributed by atoms with Gasteiger partial charge in [0.1, 0.15) is 5.82 Å². The number of anilines is 2. The van der Waals surface area contributed by atoms with Crippen LogP contribution < -0.4 is 5.32 Å². The molecular weight excluding hydrogens is 333 g/mol. The molecule has 1 N–H and O–H groups in total. The van der Waals surface area contributed by atoms with E-state index in [9.17, 15) is 13.2 Å². The highest BCUT2D eigenvalue weighted by Gasteiger charge is 2.30. The third-order valence-corrected chi connectivity index (χ3v) is 3.69. The van der Waals surface area contributed by atoms with E-state index in [4.69, 9.17) is 0 Å². The third-order valence-electron chi connectivity index (χ3n) is 2.85. The first-order chi connectivity index (χ1) is 9.27. The molecule has 1 aromatic heterocycles. The topological polar surface area (TPSA) is 24.9 Å². The number of alkyl halides is 3. The lowest BCUT2D eigenvalue weighted by molar-refractivity contribution is -0.137. The van der Waals surface area contributed by atoms with Gasteiger partial charge in [-0.3, -0.25) is 0 Å². The molecule has 1 aromatic carbocycles. The number of rotatable bonds is 2. The van der Waals surface area contributed by atoms with Crippen LogP contribution in [-0.4, -0.2) is 4.98 Å². The van der Waals surface area contributed by atoms with E-state index < -0.39 is 11.7 Å². The maximum Gasteiger partial charge on any atom is 0.416 e. The van der Waals surface area contributed by atoms with Crippen molar-refractivity contribution in [1.29, 1.82) is 0 Å². The molecule has 20 heavy (non-hydrogen) atoms. The molecule has 2 rings (SSSR count). The van der Waals surface area contributed by atoms with Gasteiger partial charge in [0, 0.05) is 10.2 Å². The van der Waals surface area contributed by atoms with Crippen molar-refractivity contribution in [1.82, 2.24) is 4.98 Å². The molecule has 1 heterocycles. The Balaban J connectivity index is 2.35. The first kappa shape index (κ1) is 14.8. The largest absolute Gasteiger partial charge is 0.416 e. The summed E-state index contributed by atoms with van der Waals surface area (Å²) in [7, 11) is 0. The van der Waals surface area contributed by atoms with Crippen LogP contribution in [0.1, 0.15) is 16.8 Å². The van der Waals surface area contributed by atoms with Crippen LogP contribution in [0.3, 0.4) is 0 Å². The molecule has 0 aliphatic rings. The first-order valence-corrected chi connectivity index (χ1v) is 6.64. The predicted octanol–water partition coefficient (Wildman–Crippen LogP) is 5.22. The zero-order chi connectivity index (χ0) is 14.9. The van der Waals surface area contributed by atoms with Gasteiger partial charge < -0.3 is 5.32 Å². The van der Waals surface area contributed by atoms with E-state index in [1.807, 2.05) is 6.92 Å². The third kappa shape index (κ3) is 3.30. The summed E-state index contributed by atoms with van der Waals surface area (Å²) < 4.78 is 39.0. The molecule has 6 heteroatoms. The first-order valence-electron chi connectivity index (χ1n) is 5.85. The van der Waals surface area contributed by atoms with Gasteiger partial charge >= 0.3 is 6.18 Å². The normalized spacial score (nSPS) is 11.5. The molecule has 0 aliphatic carbocycles. The van der Waals surface area contributed by atoms with Crippen molar-refractivity contribution in [3.8, 4) is 0 Å². The van der Waals surface area contributed by atoms with Gasteiger partial charge in [-0.15, -0.1) is 0 Å². The maximum atomic E-state index is 12.7. The summed E-state index contributed by atoms with van der Waals surface area (Å²) in [6.45, 7) is 3.56. The van der Waals surface area contributed by atoms with Crippen LogP contribution in [0.2, 0.25) is 0 Å². The lowest BCUT2D eigenvalue weighted by atomic mass is 10.1. The summed E-state index contributed by atoms with van der Waals surface area (Å²) in [5, 5.41) is 2.92. The number of halogens is 4. The summed E-state index contributed by atoms with van der Waals surface area (Å²) in [4.78, 5) is 4.26. The van der Waals surface area contributed by atoms with Crippen LogP contribution in [0.5, 0.6) is 0 Å². The minimum absolute atomic E-state index is 0.397. The van der Waals surface area contributed by atoms with E-state index in [0.717, 1.165) is 27.9 Å². The zero-order valence-corrected chi connectivity index (χ0v) is 12.4. The molecule has 0 saturated heterocycles. The Hall–Kier alpha value is -1.56. The van der Waals surface area contributed by atoms with E-state index >= 15 is 0 Å². The minimum atomic E-state index is -4.35. The SMILES string of the molecule is Cc1ccc(C(F)(F)F)cc1Nc1ccc(Br)c(C)n1. The number of hydrogen-bond donors (Lipinski definition) is 1. The summed E-state index contributed by atoms with van der Waals surface area (Å²) in [6.07, 6.45) is -4.35. The lowest BCUT2D eigenvalue weighted by Gasteiger charge is -2.13. The second-order valence-corrected chi connectivity index (χ2v) is 5.27.